The molecule has 3 saturated heterocycles. The van der Waals surface area contributed by atoms with Gasteiger partial charge in [0.05, 0.1) is 0 Å². The Morgan fingerprint density at radius 3 is 1.04 bits per heavy atom. The van der Waals surface area contributed by atoms with Gasteiger partial charge >= 0.3 is 0 Å². The van der Waals surface area contributed by atoms with Crippen molar-refractivity contribution < 1.29 is 0 Å². The molecule has 3 nitrogen and oxygen atoms in total. The first kappa shape index (κ1) is 74.5. The largest absolute Gasteiger partial charge is 0.295 e. The van der Waals surface area contributed by atoms with Gasteiger partial charge in [0.1, 0.15) is 0 Å². The van der Waals surface area contributed by atoms with Crippen LogP contribution in [-0.4, -0.2) is 75.8 Å². The maximum absolute atomic E-state index is 4.07. The summed E-state index contributed by atoms with van der Waals surface area (Å²) in [5.74, 6) is 28.8. The van der Waals surface area contributed by atoms with Crippen LogP contribution in [0.4, 0.5) is 0 Å². The highest BCUT2D eigenvalue weighted by Gasteiger charge is 2.70. The van der Waals surface area contributed by atoms with Crippen LogP contribution in [0, 0.1) is 153 Å². The fraction of sp³-hybridized carbons (Fsp3) is 1.00. The van der Waals surface area contributed by atoms with Gasteiger partial charge in [-0.05, 0) is 299 Å². The van der Waals surface area contributed by atoms with Gasteiger partial charge in [-0.3, -0.25) is 14.7 Å². The maximum Gasteiger partial charge on any atom is 0.156 e. The van der Waals surface area contributed by atoms with Crippen molar-refractivity contribution in [3.8, 4) is 0 Å². The summed E-state index contributed by atoms with van der Waals surface area (Å²) in [6, 6.07) is 7.82. The Labute approximate surface area is 661 Å². The molecule has 21 unspecified atom stereocenters. The zero-order valence-electron chi connectivity index (χ0n) is 70.6. The van der Waals surface area contributed by atoms with Crippen LogP contribution in [0.1, 0.15) is 419 Å². The minimum absolute atomic E-state index is 0.377. The molecule has 4 heteroatoms. The van der Waals surface area contributed by atoms with Crippen molar-refractivity contribution >= 4 is 6.71 Å². The maximum atomic E-state index is 4.07. The molecule has 0 aromatic carbocycles. The molecule has 0 amide bonds. The number of rotatable bonds is 11. The molecule has 21 aliphatic rings. The van der Waals surface area contributed by atoms with Gasteiger partial charge in [-0.15, -0.1) is 0 Å². The molecule has 0 spiro atoms. The van der Waals surface area contributed by atoms with Crippen LogP contribution < -0.4 is 0 Å². The van der Waals surface area contributed by atoms with E-state index in [-0.39, 0.29) is 0 Å². The second-order valence-electron chi connectivity index (χ2n) is 48.0. The molecule has 21 fully saturated rings. The molecule has 3 heterocycles. The van der Waals surface area contributed by atoms with Crippen molar-refractivity contribution in [2.45, 2.75) is 491 Å². The quantitative estimate of drug-likeness (QED) is 0.191. The van der Waals surface area contributed by atoms with Gasteiger partial charge in [-0.2, -0.15) is 0 Å². The summed E-state index contributed by atoms with van der Waals surface area (Å²) in [6.45, 7) is 9.33. The lowest BCUT2D eigenvalue weighted by atomic mass is 9.18. The number of nitrogens with zero attached hydrogens (tertiary/aromatic N) is 3. The molecule has 0 aromatic heterocycles. The van der Waals surface area contributed by atoms with Crippen LogP contribution in [0.2, 0.25) is 17.5 Å². The van der Waals surface area contributed by atoms with E-state index < -0.39 is 0 Å². The minimum atomic E-state index is 0.377. The number of likely N-dealkylation sites (tertiary alicyclic amines) is 1. The molecule has 0 N–H and O–H groups in total. The summed E-state index contributed by atoms with van der Waals surface area (Å²) in [7, 11) is 0. The Morgan fingerprint density at radius 2 is 0.579 bits per heavy atom. The lowest BCUT2D eigenvalue weighted by molar-refractivity contribution is -0.162. The summed E-state index contributed by atoms with van der Waals surface area (Å²) in [6.07, 6.45) is 98.9. The predicted molar refractivity (Wildman–Crippen MR) is 450 cm³/mol. The average molecular weight is 1460 g/mol. The second-order valence-corrected chi connectivity index (χ2v) is 48.0. The fourth-order valence-corrected chi connectivity index (χ4v) is 39.9. The third-order valence-corrected chi connectivity index (χ3v) is 42.8. The Morgan fingerprint density at radius 1 is 0.224 bits per heavy atom. The molecule has 31 atom stereocenters. The van der Waals surface area contributed by atoms with E-state index in [2.05, 4.69) is 35.5 Å². The molecule has 18 saturated carbocycles. The first-order chi connectivity index (χ1) is 52.7. The van der Waals surface area contributed by atoms with Crippen molar-refractivity contribution in [2.24, 2.45) is 153 Å². The van der Waals surface area contributed by atoms with Gasteiger partial charge in [0.15, 0.2) is 6.71 Å². The van der Waals surface area contributed by atoms with Crippen molar-refractivity contribution in [3.05, 3.63) is 0 Å². The normalized spacial score (nSPS) is 50.5. The van der Waals surface area contributed by atoms with Crippen molar-refractivity contribution in [1.82, 2.24) is 14.7 Å². The first-order valence-electron chi connectivity index (χ1n) is 52.0. The van der Waals surface area contributed by atoms with Crippen LogP contribution in [0.15, 0.2) is 0 Å². The molecule has 0 bridgehead atoms. The van der Waals surface area contributed by atoms with E-state index >= 15 is 0 Å². The molecule has 107 heavy (non-hydrogen) atoms. The van der Waals surface area contributed by atoms with Gasteiger partial charge in [-0.25, -0.2) is 0 Å². The highest BCUT2D eigenvalue weighted by atomic mass is 15.3. The molecular formula is C103H170BN3. The second kappa shape index (κ2) is 32.0. The van der Waals surface area contributed by atoms with E-state index in [0.717, 1.165) is 226 Å². The van der Waals surface area contributed by atoms with Gasteiger partial charge < -0.3 is 0 Å². The summed E-state index contributed by atoms with van der Waals surface area (Å²) < 4.78 is 0. The number of hydrogen-bond donors (Lipinski definition) is 0. The lowest BCUT2D eigenvalue weighted by Crippen LogP contribution is -2.77. The molecule has 0 aromatic rings. The van der Waals surface area contributed by atoms with E-state index in [0.29, 0.717) is 5.41 Å². The topological polar surface area (TPSA) is 9.72 Å². The third kappa shape index (κ3) is 13.8. The number of fused-ring (bicyclic) bond motifs is 9. The van der Waals surface area contributed by atoms with Gasteiger partial charge in [0.25, 0.3) is 0 Å². The van der Waals surface area contributed by atoms with Crippen molar-refractivity contribution in [3.63, 3.8) is 0 Å². The van der Waals surface area contributed by atoms with Crippen LogP contribution >= 0.6 is 0 Å². The van der Waals surface area contributed by atoms with Crippen molar-refractivity contribution in [1.29, 1.82) is 0 Å². The minimum Gasteiger partial charge on any atom is -0.295 e. The van der Waals surface area contributed by atoms with Gasteiger partial charge in [-0.1, -0.05) is 290 Å². The van der Waals surface area contributed by atoms with E-state index in [9.17, 15) is 0 Å². The van der Waals surface area contributed by atoms with Gasteiger partial charge in [0, 0.05) is 54.4 Å². The van der Waals surface area contributed by atoms with Crippen molar-refractivity contribution in [2.75, 3.05) is 0 Å². The zero-order chi connectivity index (χ0) is 71.0. The predicted octanol–water partition coefficient (Wildman–Crippen LogP) is 27.7. The molecule has 600 valence electrons. The monoisotopic (exact) mass is 1460 g/mol. The summed E-state index contributed by atoms with van der Waals surface area (Å²) >= 11 is 0. The number of hydrogen-bond acceptors (Lipinski definition) is 3. The Bertz CT molecular complexity index is 2780. The Kier molecular flexibility index (Phi) is 22.3. The zero-order valence-corrected chi connectivity index (χ0v) is 70.6. The summed E-state index contributed by atoms with van der Waals surface area (Å²) in [4.78, 5) is 11.7. The molecule has 0 radical (unpaired) electrons. The fourth-order valence-electron chi connectivity index (χ4n) is 39.9. The molecule has 21 rings (SSSR count). The van der Waals surface area contributed by atoms with E-state index in [1.54, 1.807) is 372 Å². The van der Waals surface area contributed by atoms with Crippen LogP contribution in [0.3, 0.4) is 0 Å². The summed E-state index contributed by atoms with van der Waals surface area (Å²) in [5, 5.41) is 0. The third-order valence-electron chi connectivity index (χ3n) is 42.8. The molecule has 3 aliphatic heterocycles. The smallest absolute Gasteiger partial charge is 0.156 e. The van der Waals surface area contributed by atoms with Crippen LogP contribution in [0.5, 0.6) is 0 Å². The van der Waals surface area contributed by atoms with Gasteiger partial charge in [0.2, 0.25) is 0 Å². The Hall–Kier alpha value is -0.0551. The van der Waals surface area contributed by atoms with Crippen LogP contribution in [-0.2, 0) is 0 Å². The highest BCUT2D eigenvalue weighted by molar-refractivity contribution is 6.65. The summed E-state index contributed by atoms with van der Waals surface area (Å²) in [5.41, 5.74) is 0.377. The molecular weight excluding hydrogens is 1290 g/mol. The highest BCUT2D eigenvalue weighted by Crippen LogP contribution is 2.72. The lowest BCUT2D eigenvalue weighted by Gasteiger charge is -2.73. The van der Waals surface area contributed by atoms with E-state index in [1.165, 1.54) is 25.7 Å². The van der Waals surface area contributed by atoms with E-state index in [1.807, 2.05) is 0 Å². The van der Waals surface area contributed by atoms with E-state index in [4.69, 9.17) is 0 Å². The average Bonchev–Trinajstić information content (AvgIpc) is 0.719. The van der Waals surface area contributed by atoms with Crippen LogP contribution in [0.25, 0.3) is 0 Å². The SMILES string of the molecule is CC(C)(C)CC1CC2[C@@H]3B(C4CCC(C5CCC6C7CCC[C@@H]8CCCC(C78)C7CCCC5[C@@H]76)CC4N2C2C(C4CCCCC4)CC(C4CCCCC4)C[C@@H]2C2CCCCC2)[C@@H]2CC[C@H](N4C5CCCC[C@H]5C5CCCC[C@H]54)CC2N(C2[C@@H](C4CCCCC4)CC(C4CCCCC4)C[C@H]2C2CCCCC2)C3C1. The molecule has 18 aliphatic carbocycles. The standard InChI is InChI=1S/C103H170BN3/c1-103(2,3)65-66-57-96-100-97(58-66)107(102-88(71-37-18-8-19-38-71)61-76(68-31-12-5-13-32-68)62-89(102)72-39-20-9-21-40-72)95-64-77(105-92-49-24-22-43-79(92)80-44-23-25-50-93(80)105)52-56-91(95)104(100)90-55-51-74(78-53-54-85-83-46-27-42-73-41-26-45-82(98(73)83)84-48-28-47-81(78)99(84)85)63-94(90)106(96)101-86(69-33-14-6-15-34-69)59-75(67-29-10-4-11-30-67)60-87(101)70-35-16-7-17-36-70/h66-102H,4-65H2,1-3H3/t66?,73-,74?,75?,76?,77-,78?,79-,80?,81?,82?,83?,84?,85?,86+,87?,88-,89+,90?,91+,92?,93+,94?,95?,96?,97?,98?,99-,100-,101?,102?/m0/s1. The first-order valence-corrected chi connectivity index (χ1v) is 52.0. The Balaban J connectivity index is 0.736.